The van der Waals surface area contributed by atoms with Crippen LogP contribution in [0.25, 0.3) is 0 Å². The molecule has 1 N–H and O–H groups in total. The summed E-state index contributed by atoms with van der Waals surface area (Å²) in [6, 6.07) is 10.8. The Morgan fingerprint density at radius 2 is 2.00 bits per heavy atom. The maximum absolute atomic E-state index is 12.2. The van der Waals surface area contributed by atoms with Gasteiger partial charge in [0.25, 0.3) is 5.91 Å². The molecule has 0 atom stereocenters. The first kappa shape index (κ1) is 18.5. The lowest BCUT2D eigenvalue weighted by Gasteiger charge is -2.06. The third-order valence-corrected chi connectivity index (χ3v) is 5.25. The summed E-state index contributed by atoms with van der Waals surface area (Å²) < 4.78 is 6.63. The SMILES string of the molecule is CC(C)c1nc(CNC(=O)c2ccc(Oc3ccc(Br)cc3)nc2)cs1. The zero-order valence-corrected chi connectivity index (χ0v) is 16.8. The fourth-order valence-corrected chi connectivity index (χ4v) is 3.24. The Morgan fingerprint density at radius 3 is 2.62 bits per heavy atom. The second-order valence-corrected chi connectivity index (χ2v) is 7.76. The summed E-state index contributed by atoms with van der Waals surface area (Å²) in [7, 11) is 0. The summed E-state index contributed by atoms with van der Waals surface area (Å²) in [5, 5.41) is 5.91. The summed E-state index contributed by atoms with van der Waals surface area (Å²) in [5.41, 5.74) is 1.35. The number of carbonyl (C=O) groups is 1. The number of halogens is 1. The molecule has 2 heterocycles. The van der Waals surface area contributed by atoms with Crippen molar-refractivity contribution >= 4 is 33.2 Å². The number of pyridine rings is 1. The van der Waals surface area contributed by atoms with Crippen LogP contribution < -0.4 is 10.1 Å². The first-order valence-electron chi connectivity index (χ1n) is 8.13. The molecule has 0 aliphatic carbocycles. The molecule has 0 saturated carbocycles. The predicted molar refractivity (Wildman–Crippen MR) is 106 cm³/mol. The fourth-order valence-electron chi connectivity index (χ4n) is 2.14. The number of aromatic nitrogens is 2. The van der Waals surface area contributed by atoms with Crippen LogP contribution in [0.5, 0.6) is 11.6 Å². The normalized spacial score (nSPS) is 10.8. The molecule has 26 heavy (non-hydrogen) atoms. The van der Waals surface area contributed by atoms with Gasteiger partial charge in [0.1, 0.15) is 5.75 Å². The third-order valence-electron chi connectivity index (χ3n) is 3.53. The van der Waals surface area contributed by atoms with Crippen LogP contribution in [0.1, 0.15) is 40.8 Å². The second-order valence-electron chi connectivity index (χ2n) is 5.96. The average molecular weight is 432 g/mol. The van der Waals surface area contributed by atoms with E-state index in [0.717, 1.165) is 15.2 Å². The van der Waals surface area contributed by atoms with Crippen LogP contribution >= 0.6 is 27.3 Å². The van der Waals surface area contributed by atoms with Gasteiger partial charge in [0.2, 0.25) is 5.88 Å². The minimum Gasteiger partial charge on any atom is -0.439 e. The van der Waals surface area contributed by atoms with Gasteiger partial charge in [-0.05, 0) is 30.3 Å². The molecule has 0 aliphatic rings. The van der Waals surface area contributed by atoms with Crippen molar-refractivity contribution in [1.29, 1.82) is 0 Å². The summed E-state index contributed by atoms with van der Waals surface area (Å²) in [4.78, 5) is 20.9. The molecule has 0 fully saturated rings. The molecule has 2 aromatic heterocycles. The van der Waals surface area contributed by atoms with Crippen LogP contribution in [-0.4, -0.2) is 15.9 Å². The summed E-state index contributed by atoms with van der Waals surface area (Å²) >= 11 is 4.99. The van der Waals surface area contributed by atoms with Crippen LogP contribution in [0.15, 0.2) is 52.4 Å². The largest absolute Gasteiger partial charge is 0.439 e. The quantitative estimate of drug-likeness (QED) is 0.586. The van der Waals surface area contributed by atoms with Crippen molar-refractivity contribution in [2.24, 2.45) is 0 Å². The fraction of sp³-hybridized carbons (Fsp3) is 0.211. The van der Waals surface area contributed by atoms with E-state index in [-0.39, 0.29) is 5.91 Å². The number of carbonyl (C=O) groups excluding carboxylic acids is 1. The topological polar surface area (TPSA) is 64.1 Å². The van der Waals surface area contributed by atoms with Gasteiger partial charge in [-0.3, -0.25) is 4.79 Å². The van der Waals surface area contributed by atoms with E-state index in [2.05, 4.69) is 45.1 Å². The van der Waals surface area contributed by atoms with Gasteiger partial charge in [-0.25, -0.2) is 9.97 Å². The Hall–Kier alpha value is -2.25. The smallest absolute Gasteiger partial charge is 0.253 e. The molecule has 0 unspecified atom stereocenters. The van der Waals surface area contributed by atoms with Gasteiger partial charge in [0, 0.05) is 28.0 Å². The van der Waals surface area contributed by atoms with Gasteiger partial charge >= 0.3 is 0 Å². The third kappa shape index (κ3) is 4.89. The van der Waals surface area contributed by atoms with Gasteiger partial charge in [0.05, 0.1) is 22.8 Å². The lowest BCUT2D eigenvalue weighted by Crippen LogP contribution is -2.23. The van der Waals surface area contributed by atoms with E-state index in [1.54, 1.807) is 23.5 Å². The Bertz CT molecular complexity index is 877. The highest BCUT2D eigenvalue weighted by atomic mass is 79.9. The number of nitrogens with one attached hydrogen (secondary N) is 1. The van der Waals surface area contributed by atoms with Gasteiger partial charge in [-0.2, -0.15) is 0 Å². The van der Waals surface area contributed by atoms with Crippen molar-refractivity contribution in [3.63, 3.8) is 0 Å². The van der Waals surface area contributed by atoms with E-state index >= 15 is 0 Å². The predicted octanol–water partition coefficient (Wildman–Crippen LogP) is 5.15. The van der Waals surface area contributed by atoms with Crippen LogP contribution in [0, 0.1) is 0 Å². The zero-order chi connectivity index (χ0) is 18.5. The molecule has 0 spiro atoms. The molecule has 1 amide bonds. The standard InChI is InChI=1S/C19H18BrN3O2S/c1-12(2)19-23-15(11-26-19)10-22-18(24)13-3-8-17(21-9-13)25-16-6-4-14(20)5-7-16/h3-9,11-12H,10H2,1-2H3,(H,22,24). The molecule has 0 bridgehead atoms. The van der Waals surface area contributed by atoms with Crippen molar-refractivity contribution < 1.29 is 9.53 Å². The van der Waals surface area contributed by atoms with Crippen molar-refractivity contribution in [1.82, 2.24) is 15.3 Å². The van der Waals surface area contributed by atoms with Gasteiger partial charge in [-0.1, -0.05) is 29.8 Å². The van der Waals surface area contributed by atoms with E-state index in [4.69, 9.17) is 4.74 Å². The van der Waals surface area contributed by atoms with Crippen molar-refractivity contribution in [2.75, 3.05) is 0 Å². The highest BCUT2D eigenvalue weighted by molar-refractivity contribution is 9.10. The molecule has 3 aromatic rings. The van der Waals surface area contributed by atoms with E-state index < -0.39 is 0 Å². The van der Waals surface area contributed by atoms with Crippen molar-refractivity contribution in [3.05, 3.63) is 68.7 Å². The lowest BCUT2D eigenvalue weighted by molar-refractivity contribution is 0.0950. The number of thiazole rings is 1. The lowest BCUT2D eigenvalue weighted by atomic mass is 10.2. The van der Waals surface area contributed by atoms with Gasteiger partial charge in [-0.15, -0.1) is 11.3 Å². The van der Waals surface area contributed by atoms with Gasteiger partial charge in [0.15, 0.2) is 0 Å². The number of ether oxygens (including phenoxy) is 1. The Kier molecular flexibility index (Phi) is 6.00. The molecular weight excluding hydrogens is 414 g/mol. The summed E-state index contributed by atoms with van der Waals surface area (Å²) in [6.45, 7) is 4.61. The first-order chi connectivity index (χ1) is 12.5. The maximum Gasteiger partial charge on any atom is 0.253 e. The van der Waals surface area contributed by atoms with E-state index in [1.807, 2.05) is 29.6 Å². The number of nitrogens with zero attached hydrogens (tertiary/aromatic N) is 2. The number of hydrogen-bond acceptors (Lipinski definition) is 5. The molecule has 0 radical (unpaired) electrons. The molecular formula is C19H18BrN3O2S. The highest BCUT2D eigenvalue weighted by Crippen LogP contribution is 2.22. The zero-order valence-electron chi connectivity index (χ0n) is 14.4. The van der Waals surface area contributed by atoms with Crippen molar-refractivity contribution in [2.45, 2.75) is 26.3 Å². The number of benzene rings is 1. The van der Waals surface area contributed by atoms with Crippen molar-refractivity contribution in [3.8, 4) is 11.6 Å². The van der Waals surface area contributed by atoms with E-state index in [1.165, 1.54) is 6.20 Å². The molecule has 0 aliphatic heterocycles. The summed E-state index contributed by atoms with van der Waals surface area (Å²) in [6.07, 6.45) is 1.50. The summed E-state index contributed by atoms with van der Waals surface area (Å²) in [5.74, 6) is 1.33. The highest BCUT2D eigenvalue weighted by Gasteiger charge is 2.10. The monoisotopic (exact) mass is 431 g/mol. The Labute approximate surface area is 164 Å². The second kappa shape index (κ2) is 8.42. The Morgan fingerprint density at radius 1 is 1.23 bits per heavy atom. The molecule has 7 heteroatoms. The maximum atomic E-state index is 12.2. The number of hydrogen-bond donors (Lipinski definition) is 1. The molecule has 5 nitrogen and oxygen atoms in total. The van der Waals surface area contributed by atoms with Crippen LogP contribution in [0.4, 0.5) is 0 Å². The van der Waals surface area contributed by atoms with E-state index in [0.29, 0.717) is 29.7 Å². The van der Waals surface area contributed by atoms with Crippen LogP contribution in [0.2, 0.25) is 0 Å². The number of amides is 1. The molecule has 0 saturated heterocycles. The number of rotatable bonds is 6. The first-order valence-corrected chi connectivity index (χ1v) is 9.80. The van der Waals surface area contributed by atoms with Crippen LogP contribution in [-0.2, 0) is 6.54 Å². The molecule has 1 aromatic carbocycles. The Balaban J connectivity index is 1.56. The van der Waals surface area contributed by atoms with E-state index in [9.17, 15) is 4.79 Å². The van der Waals surface area contributed by atoms with Gasteiger partial charge < -0.3 is 10.1 Å². The minimum absolute atomic E-state index is 0.188. The van der Waals surface area contributed by atoms with Crippen LogP contribution in [0.3, 0.4) is 0 Å². The molecule has 134 valence electrons. The molecule has 3 rings (SSSR count). The average Bonchev–Trinajstić information content (AvgIpc) is 3.12. The minimum atomic E-state index is -0.188.